The van der Waals surface area contributed by atoms with Crippen molar-refractivity contribution in [1.29, 1.82) is 0 Å². The number of anilines is 3. The van der Waals surface area contributed by atoms with Crippen LogP contribution in [-0.2, 0) is 0 Å². The highest BCUT2D eigenvalue weighted by Crippen LogP contribution is 2.26. The summed E-state index contributed by atoms with van der Waals surface area (Å²) in [5, 5.41) is 14.3. The maximum Gasteiger partial charge on any atom is 0.252 e. The van der Waals surface area contributed by atoms with Gasteiger partial charge < -0.3 is 22.1 Å². The van der Waals surface area contributed by atoms with Gasteiger partial charge >= 0.3 is 0 Å². The second-order valence-corrected chi connectivity index (χ2v) is 8.09. The first-order chi connectivity index (χ1) is 15.2. The lowest BCUT2D eigenvalue weighted by molar-refractivity contribution is 0.100. The van der Waals surface area contributed by atoms with Crippen LogP contribution in [0.2, 0.25) is 0 Å². The molecule has 3 rings (SSSR count). The van der Waals surface area contributed by atoms with Crippen molar-refractivity contribution in [2.24, 2.45) is 17.4 Å². The van der Waals surface area contributed by atoms with Crippen LogP contribution in [0.1, 0.15) is 43.2 Å². The first-order valence-electron chi connectivity index (χ1n) is 10.3. The van der Waals surface area contributed by atoms with E-state index in [1.165, 1.54) is 4.80 Å². The van der Waals surface area contributed by atoms with Gasteiger partial charge in [0.05, 0.1) is 35.5 Å². The molecule has 0 aliphatic rings. The minimum Gasteiger partial charge on any atom is -0.365 e. The van der Waals surface area contributed by atoms with Gasteiger partial charge in [-0.15, -0.1) is 4.80 Å². The molecule has 0 spiro atoms. The SMILES string of the molecule is Cc1ncc(Nc2nc(N[C@H](CC(C)C)[C@H](C)N)c(F)cc2C(N)=O)cc1-n1nccn1. The fourth-order valence-electron chi connectivity index (χ4n) is 3.23. The topological polar surface area (TPSA) is 150 Å². The summed E-state index contributed by atoms with van der Waals surface area (Å²) in [6.07, 6.45) is 5.39. The summed E-state index contributed by atoms with van der Waals surface area (Å²) < 4.78 is 14.8. The Morgan fingerprint density at radius 2 is 1.88 bits per heavy atom. The molecule has 3 aromatic rings. The molecule has 0 saturated carbocycles. The van der Waals surface area contributed by atoms with Crippen LogP contribution in [0, 0.1) is 18.7 Å². The largest absolute Gasteiger partial charge is 0.365 e. The number of carbonyl (C=O) groups is 1. The van der Waals surface area contributed by atoms with E-state index in [2.05, 4.69) is 44.6 Å². The Balaban J connectivity index is 1.97. The van der Waals surface area contributed by atoms with Crippen LogP contribution >= 0.6 is 0 Å². The lowest BCUT2D eigenvalue weighted by Crippen LogP contribution is -2.39. The van der Waals surface area contributed by atoms with Crippen molar-refractivity contribution in [2.75, 3.05) is 10.6 Å². The number of nitrogens with two attached hydrogens (primary N) is 2. The molecular weight excluding hydrogens is 413 g/mol. The second-order valence-electron chi connectivity index (χ2n) is 8.09. The molecule has 0 unspecified atom stereocenters. The zero-order valence-electron chi connectivity index (χ0n) is 18.5. The zero-order chi connectivity index (χ0) is 23.4. The number of aromatic nitrogens is 5. The maximum absolute atomic E-state index is 14.8. The molecule has 11 heteroatoms. The Morgan fingerprint density at radius 3 is 2.47 bits per heavy atom. The van der Waals surface area contributed by atoms with Gasteiger partial charge in [0.25, 0.3) is 5.91 Å². The van der Waals surface area contributed by atoms with Crippen LogP contribution in [-0.4, -0.2) is 43.0 Å². The minimum absolute atomic E-state index is 0.0190. The Kier molecular flexibility index (Phi) is 6.98. The van der Waals surface area contributed by atoms with Gasteiger partial charge in [0, 0.05) is 12.1 Å². The number of carbonyl (C=O) groups excluding carboxylic acids is 1. The normalized spacial score (nSPS) is 13.1. The summed E-state index contributed by atoms with van der Waals surface area (Å²) in [6.45, 7) is 7.77. The van der Waals surface area contributed by atoms with Gasteiger partial charge in [-0.1, -0.05) is 13.8 Å². The van der Waals surface area contributed by atoms with Gasteiger partial charge in [0.15, 0.2) is 11.6 Å². The Morgan fingerprint density at radius 1 is 1.19 bits per heavy atom. The third-order valence-electron chi connectivity index (χ3n) is 4.88. The molecule has 3 aromatic heterocycles. The number of aryl methyl sites for hydroxylation is 1. The summed E-state index contributed by atoms with van der Waals surface area (Å²) in [7, 11) is 0. The van der Waals surface area contributed by atoms with Crippen molar-refractivity contribution in [3.8, 4) is 5.69 Å². The quantitative estimate of drug-likeness (QED) is 0.396. The monoisotopic (exact) mass is 441 g/mol. The minimum atomic E-state index is -0.814. The van der Waals surface area contributed by atoms with Crippen LogP contribution in [0.5, 0.6) is 0 Å². The second kappa shape index (κ2) is 9.69. The molecule has 0 radical (unpaired) electrons. The Bertz CT molecular complexity index is 1080. The standard InChI is InChI=1S/C21H28FN9O/c1-11(2)7-17(12(3)23)29-21-16(22)9-15(19(24)32)20(30-21)28-14-8-18(13(4)25-10-14)31-26-5-6-27-31/h5-6,8-12,17H,7,23H2,1-4H3,(H2,24,32)(H2,28,29,30)/t12-,17+/m0/s1. The number of halogens is 1. The van der Waals surface area contributed by atoms with E-state index in [1.807, 2.05) is 13.8 Å². The lowest BCUT2D eigenvalue weighted by atomic mass is 9.99. The van der Waals surface area contributed by atoms with E-state index >= 15 is 0 Å². The van der Waals surface area contributed by atoms with Crippen molar-refractivity contribution in [3.63, 3.8) is 0 Å². The summed E-state index contributed by atoms with van der Waals surface area (Å²) in [6, 6.07) is 2.36. The van der Waals surface area contributed by atoms with E-state index in [0.717, 1.165) is 12.5 Å². The molecule has 32 heavy (non-hydrogen) atoms. The van der Waals surface area contributed by atoms with Crippen LogP contribution in [0.3, 0.4) is 0 Å². The summed E-state index contributed by atoms with van der Waals surface area (Å²) in [5.74, 6) is -1.08. The first kappa shape index (κ1) is 23.1. The highest BCUT2D eigenvalue weighted by atomic mass is 19.1. The molecule has 3 heterocycles. The van der Waals surface area contributed by atoms with E-state index in [-0.39, 0.29) is 29.3 Å². The zero-order valence-corrected chi connectivity index (χ0v) is 18.5. The van der Waals surface area contributed by atoms with Gasteiger partial charge in [-0.05, 0) is 38.3 Å². The summed E-state index contributed by atoms with van der Waals surface area (Å²) >= 11 is 0. The molecule has 0 aliphatic heterocycles. The predicted octanol–water partition coefficient (Wildman–Crippen LogP) is 2.52. The Hall–Kier alpha value is -3.60. The first-order valence-corrected chi connectivity index (χ1v) is 10.3. The average Bonchev–Trinajstić information content (AvgIpc) is 3.25. The molecule has 0 saturated heterocycles. The third kappa shape index (κ3) is 5.35. The van der Waals surface area contributed by atoms with Gasteiger partial charge in [-0.25, -0.2) is 9.37 Å². The maximum atomic E-state index is 14.8. The molecule has 0 fully saturated rings. The number of nitrogens with one attached hydrogen (secondary N) is 2. The number of nitrogens with zero attached hydrogens (tertiary/aromatic N) is 5. The van der Waals surface area contributed by atoms with Crippen molar-refractivity contribution in [3.05, 3.63) is 47.8 Å². The Labute approximate surface area is 185 Å². The smallest absolute Gasteiger partial charge is 0.252 e. The van der Waals surface area contributed by atoms with Crippen molar-refractivity contribution in [2.45, 2.75) is 46.2 Å². The molecule has 0 aliphatic carbocycles. The third-order valence-corrected chi connectivity index (χ3v) is 4.88. The van der Waals surface area contributed by atoms with Crippen molar-refractivity contribution in [1.82, 2.24) is 25.0 Å². The average molecular weight is 442 g/mol. The van der Waals surface area contributed by atoms with Crippen LogP contribution in [0.15, 0.2) is 30.7 Å². The van der Waals surface area contributed by atoms with Crippen LogP contribution in [0.4, 0.5) is 21.7 Å². The molecule has 6 N–H and O–H groups in total. The molecule has 10 nitrogen and oxygen atoms in total. The van der Waals surface area contributed by atoms with E-state index in [9.17, 15) is 9.18 Å². The predicted molar refractivity (Wildman–Crippen MR) is 120 cm³/mol. The van der Waals surface area contributed by atoms with E-state index in [0.29, 0.717) is 23.0 Å². The van der Waals surface area contributed by atoms with E-state index < -0.39 is 11.7 Å². The fraction of sp³-hybridized carbons (Fsp3) is 0.381. The number of amides is 1. The van der Waals surface area contributed by atoms with Crippen molar-refractivity contribution < 1.29 is 9.18 Å². The van der Waals surface area contributed by atoms with Crippen molar-refractivity contribution >= 4 is 23.2 Å². The number of primary amides is 1. The summed E-state index contributed by atoms with van der Waals surface area (Å²) in [5.41, 5.74) is 13.3. The van der Waals surface area contributed by atoms with E-state index in [4.69, 9.17) is 11.5 Å². The van der Waals surface area contributed by atoms with Crippen LogP contribution < -0.4 is 22.1 Å². The van der Waals surface area contributed by atoms with Crippen LogP contribution in [0.25, 0.3) is 5.69 Å². The highest BCUT2D eigenvalue weighted by Gasteiger charge is 2.21. The van der Waals surface area contributed by atoms with E-state index in [1.54, 1.807) is 24.7 Å². The lowest BCUT2D eigenvalue weighted by Gasteiger charge is -2.25. The van der Waals surface area contributed by atoms with Gasteiger partial charge in [-0.2, -0.15) is 10.2 Å². The molecule has 2 atom stereocenters. The van der Waals surface area contributed by atoms with Gasteiger partial charge in [0.1, 0.15) is 11.5 Å². The van der Waals surface area contributed by atoms with Gasteiger partial charge in [-0.3, -0.25) is 9.78 Å². The number of rotatable bonds is 9. The number of hydrogen-bond donors (Lipinski definition) is 4. The highest BCUT2D eigenvalue weighted by molar-refractivity contribution is 5.98. The molecular formula is C21H28FN9O. The molecule has 0 aromatic carbocycles. The molecule has 0 bridgehead atoms. The molecule has 1 amide bonds. The number of pyridine rings is 2. The fourth-order valence-corrected chi connectivity index (χ4v) is 3.23. The molecule has 170 valence electrons. The number of hydrogen-bond acceptors (Lipinski definition) is 8. The van der Waals surface area contributed by atoms with Gasteiger partial charge in [0.2, 0.25) is 0 Å². The summed E-state index contributed by atoms with van der Waals surface area (Å²) in [4.78, 5) is 22.0.